The fourth-order valence-corrected chi connectivity index (χ4v) is 1.94. The summed E-state index contributed by atoms with van der Waals surface area (Å²) < 4.78 is 5.34. The fourth-order valence-electron chi connectivity index (χ4n) is 1.94. The van der Waals surface area contributed by atoms with Crippen LogP contribution in [0, 0.1) is 0 Å². The maximum atomic E-state index is 5.34. The second-order valence-corrected chi connectivity index (χ2v) is 3.94. The molecule has 0 unspecified atom stereocenters. The van der Waals surface area contributed by atoms with Gasteiger partial charge in [0.2, 0.25) is 0 Å². The number of hydrogen-bond donors (Lipinski definition) is 0. The molecule has 0 saturated carbocycles. The van der Waals surface area contributed by atoms with E-state index in [1.807, 2.05) is 12.1 Å². The highest BCUT2D eigenvalue weighted by Crippen LogP contribution is 2.18. The largest absolute Gasteiger partial charge is 0.496 e. The van der Waals surface area contributed by atoms with E-state index >= 15 is 0 Å². The van der Waals surface area contributed by atoms with Gasteiger partial charge >= 0.3 is 0 Å². The fraction of sp³-hybridized carbons (Fsp3) is 0.571. The third-order valence-corrected chi connectivity index (χ3v) is 3.01. The molecule has 0 amide bonds. The van der Waals surface area contributed by atoms with E-state index in [0.29, 0.717) is 0 Å². The molecule has 0 aliphatic carbocycles. The summed E-state index contributed by atoms with van der Waals surface area (Å²) in [4.78, 5) is 2.45. The molecule has 16 heavy (non-hydrogen) atoms. The van der Waals surface area contributed by atoms with Gasteiger partial charge in [-0.1, -0.05) is 32.0 Å². The third kappa shape index (κ3) is 3.86. The Morgan fingerprint density at radius 2 is 1.81 bits per heavy atom. The van der Waals surface area contributed by atoms with Crippen molar-refractivity contribution in [1.29, 1.82) is 0 Å². The number of methoxy groups -OCH3 is 1. The Morgan fingerprint density at radius 3 is 2.44 bits per heavy atom. The molecule has 0 saturated heterocycles. The molecule has 1 rings (SSSR count). The Balaban J connectivity index is 2.42. The van der Waals surface area contributed by atoms with Crippen molar-refractivity contribution in [1.82, 2.24) is 4.90 Å². The minimum Gasteiger partial charge on any atom is -0.496 e. The minimum absolute atomic E-state index is 1.02. The van der Waals surface area contributed by atoms with Crippen LogP contribution in [0.3, 0.4) is 0 Å². The summed E-state index contributed by atoms with van der Waals surface area (Å²) in [6, 6.07) is 8.29. The average molecular weight is 221 g/mol. The number of rotatable bonds is 7. The van der Waals surface area contributed by atoms with Crippen LogP contribution in [0.4, 0.5) is 0 Å². The first kappa shape index (κ1) is 13.0. The average Bonchev–Trinajstić information content (AvgIpc) is 2.35. The van der Waals surface area contributed by atoms with Crippen LogP contribution in [0.1, 0.15) is 25.8 Å². The Kier molecular flexibility index (Phi) is 5.94. The van der Waals surface area contributed by atoms with Gasteiger partial charge in [0.15, 0.2) is 0 Å². The second kappa shape index (κ2) is 7.29. The third-order valence-electron chi connectivity index (χ3n) is 3.01. The number of aryl methyl sites for hydroxylation is 1. The molecule has 1 aromatic rings. The molecule has 0 aliphatic rings. The van der Waals surface area contributed by atoms with E-state index in [1.54, 1.807) is 7.11 Å². The van der Waals surface area contributed by atoms with Crippen molar-refractivity contribution in [3.63, 3.8) is 0 Å². The van der Waals surface area contributed by atoms with Gasteiger partial charge < -0.3 is 9.64 Å². The molecule has 0 aliphatic heterocycles. The lowest BCUT2D eigenvalue weighted by Crippen LogP contribution is -2.24. The molecule has 0 heterocycles. The predicted octanol–water partition coefficient (Wildman–Crippen LogP) is 2.97. The number of para-hydroxylation sites is 1. The van der Waals surface area contributed by atoms with E-state index in [9.17, 15) is 0 Å². The lowest BCUT2D eigenvalue weighted by molar-refractivity contribution is 0.299. The lowest BCUT2D eigenvalue weighted by atomic mass is 10.1. The van der Waals surface area contributed by atoms with Gasteiger partial charge in [-0.15, -0.1) is 0 Å². The molecular weight excluding hydrogens is 198 g/mol. The Morgan fingerprint density at radius 1 is 1.12 bits per heavy atom. The van der Waals surface area contributed by atoms with E-state index in [4.69, 9.17) is 4.74 Å². The summed E-state index contributed by atoms with van der Waals surface area (Å²) in [5.74, 6) is 1.02. The summed E-state index contributed by atoms with van der Waals surface area (Å²) >= 11 is 0. The van der Waals surface area contributed by atoms with Gasteiger partial charge in [0.1, 0.15) is 5.75 Å². The molecule has 0 N–H and O–H groups in total. The van der Waals surface area contributed by atoms with Crippen LogP contribution in [-0.2, 0) is 6.42 Å². The summed E-state index contributed by atoms with van der Waals surface area (Å²) in [6.07, 6.45) is 2.29. The van der Waals surface area contributed by atoms with Crippen LogP contribution in [0.5, 0.6) is 5.75 Å². The molecule has 2 heteroatoms. The number of ether oxygens (including phenoxy) is 1. The Hall–Kier alpha value is -1.02. The molecular formula is C14H23NO. The minimum atomic E-state index is 1.02. The molecule has 0 bridgehead atoms. The van der Waals surface area contributed by atoms with Gasteiger partial charge in [0.25, 0.3) is 0 Å². The molecule has 0 spiro atoms. The van der Waals surface area contributed by atoms with Crippen LogP contribution in [-0.4, -0.2) is 31.6 Å². The lowest BCUT2D eigenvalue weighted by Gasteiger charge is -2.17. The maximum absolute atomic E-state index is 5.34. The zero-order chi connectivity index (χ0) is 11.8. The summed E-state index contributed by atoms with van der Waals surface area (Å²) in [6.45, 7) is 7.88. The SMILES string of the molecule is CCN(CC)CCCc1ccccc1OC. The van der Waals surface area contributed by atoms with Gasteiger partial charge in [-0.05, 0) is 44.1 Å². The van der Waals surface area contributed by atoms with Crippen LogP contribution in [0.25, 0.3) is 0 Å². The van der Waals surface area contributed by atoms with Crippen LogP contribution in [0.2, 0.25) is 0 Å². The van der Waals surface area contributed by atoms with Gasteiger partial charge in [-0.25, -0.2) is 0 Å². The smallest absolute Gasteiger partial charge is 0.122 e. The van der Waals surface area contributed by atoms with Crippen molar-refractivity contribution in [2.75, 3.05) is 26.7 Å². The number of benzene rings is 1. The standard InChI is InChI=1S/C14H23NO/c1-4-15(5-2)12-8-10-13-9-6-7-11-14(13)16-3/h6-7,9,11H,4-5,8,10,12H2,1-3H3. The van der Waals surface area contributed by atoms with Crippen molar-refractivity contribution in [2.45, 2.75) is 26.7 Å². The van der Waals surface area contributed by atoms with Gasteiger partial charge in [0, 0.05) is 0 Å². The maximum Gasteiger partial charge on any atom is 0.122 e. The van der Waals surface area contributed by atoms with Crippen molar-refractivity contribution >= 4 is 0 Å². The first-order valence-electron chi connectivity index (χ1n) is 6.16. The first-order chi connectivity index (χ1) is 7.81. The molecule has 90 valence electrons. The predicted molar refractivity (Wildman–Crippen MR) is 69.1 cm³/mol. The summed E-state index contributed by atoms with van der Waals surface area (Å²) in [5, 5.41) is 0. The molecule has 0 atom stereocenters. The molecule has 0 radical (unpaired) electrons. The monoisotopic (exact) mass is 221 g/mol. The van der Waals surface area contributed by atoms with Crippen LogP contribution >= 0.6 is 0 Å². The molecule has 0 fully saturated rings. The summed E-state index contributed by atoms with van der Waals surface area (Å²) in [7, 11) is 1.74. The molecule has 2 nitrogen and oxygen atoms in total. The van der Waals surface area contributed by atoms with Crippen LogP contribution in [0.15, 0.2) is 24.3 Å². The quantitative estimate of drug-likeness (QED) is 0.702. The van der Waals surface area contributed by atoms with Crippen molar-refractivity contribution in [2.24, 2.45) is 0 Å². The number of nitrogens with zero attached hydrogens (tertiary/aromatic N) is 1. The second-order valence-electron chi connectivity index (χ2n) is 3.94. The van der Waals surface area contributed by atoms with E-state index in [2.05, 4.69) is 30.9 Å². The van der Waals surface area contributed by atoms with Crippen molar-refractivity contribution in [3.8, 4) is 5.75 Å². The van der Waals surface area contributed by atoms with Gasteiger partial charge in [0.05, 0.1) is 7.11 Å². The Bertz CT molecular complexity index is 295. The Labute approximate surface area is 99.2 Å². The van der Waals surface area contributed by atoms with Gasteiger partial charge in [-0.3, -0.25) is 0 Å². The normalized spacial score (nSPS) is 10.8. The highest BCUT2D eigenvalue weighted by atomic mass is 16.5. The van der Waals surface area contributed by atoms with E-state index in [1.165, 1.54) is 18.5 Å². The highest BCUT2D eigenvalue weighted by Gasteiger charge is 2.03. The highest BCUT2D eigenvalue weighted by molar-refractivity contribution is 5.33. The van der Waals surface area contributed by atoms with E-state index < -0.39 is 0 Å². The van der Waals surface area contributed by atoms with Crippen molar-refractivity contribution < 1.29 is 4.74 Å². The van der Waals surface area contributed by atoms with Crippen LogP contribution < -0.4 is 4.74 Å². The zero-order valence-corrected chi connectivity index (χ0v) is 10.7. The zero-order valence-electron chi connectivity index (χ0n) is 10.7. The topological polar surface area (TPSA) is 12.5 Å². The van der Waals surface area contributed by atoms with E-state index in [-0.39, 0.29) is 0 Å². The first-order valence-corrected chi connectivity index (χ1v) is 6.16. The van der Waals surface area contributed by atoms with E-state index in [0.717, 1.165) is 25.3 Å². The summed E-state index contributed by atoms with van der Waals surface area (Å²) in [5.41, 5.74) is 1.32. The van der Waals surface area contributed by atoms with Gasteiger partial charge in [-0.2, -0.15) is 0 Å². The number of hydrogen-bond acceptors (Lipinski definition) is 2. The molecule has 0 aromatic heterocycles. The van der Waals surface area contributed by atoms with Crippen molar-refractivity contribution in [3.05, 3.63) is 29.8 Å². The molecule has 1 aromatic carbocycles.